The molecule has 2 N–H and O–H groups in total. The first-order valence-electron chi connectivity index (χ1n) is 3.85. The van der Waals surface area contributed by atoms with E-state index in [0.29, 0.717) is 16.5 Å². The molecule has 1 aromatic carbocycles. The molecule has 1 rings (SSSR count). The van der Waals surface area contributed by atoms with Crippen LogP contribution in [0.3, 0.4) is 0 Å². The average Bonchev–Trinajstić information content (AvgIpc) is 2.02. The minimum Gasteiger partial charge on any atom is -0.394 e. The first-order valence-corrected chi connectivity index (χ1v) is 4.61. The highest BCUT2D eigenvalue weighted by Gasteiger charge is 2.05. The van der Waals surface area contributed by atoms with Crippen molar-refractivity contribution in [2.75, 3.05) is 6.61 Å². The highest BCUT2D eigenvalue weighted by Crippen LogP contribution is 2.19. The summed E-state index contributed by atoms with van der Waals surface area (Å²) in [6.07, 6.45) is -0.397. The summed E-state index contributed by atoms with van der Waals surface area (Å²) < 4.78 is 0. The van der Waals surface area contributed by atoms with Gasteiger partial charge in [0.05, 0.1) is 12.7 Å². The van der Waals surface area contributed by atoms with Crippen LogP contribution in [-0.4, -0.2) is 22.9 Å². The third-order valence-electron chi connectivity index (χ3n) is 1.60. The molecular weight excluding hydrogens is 211 g/mol. The second-order valence-electron chi connectivity index (χ2n) is 2.82. The predicted octanol–water partition coefficient (Wildman–Crippen LogP) is 1.89. The summed E-state index contributed by atoms with van der Waals surface area (Å²) in [4.78, 5) is 0. The first-order chi connectivity index (χ1) is 6.11. The standard InChI is InChI=1S/C9H10Cl2O2/c10-7-1-6(2-8(11)4-7)3-9(13)5-12/h1-2,4,9,12-13H,3,5H2. The van der Waals surface area contributed by atoms with Crippen molar-refractivity contribution in [1.82, 2.24) is 0 Å². The molecule has 0 saturated carbocycles. The highest BCUT2D eigenvalue weighted by molar-refractivity contribution is 6.34. The summed E-state index contributed by atoms with van der Waals surface area (Å²) in [6.45, 7) is -0.260. The molecule has 0 aliphatic rings. The van der Waals surface area contributed by atoms with Gasteiger partial charge in [0, 0.05) is 16.5 Å². The van der Waals surface area contributed by atoms with Gasteiger partial charge in [0.2, 0.25) is 0 Å². The fraction of sp³-hybridized carbons (Fsp3) is 0.333. The Bertz CT molecular complexity index is 269. The van der Waals surface area contributed by atoms with E-state index in [1.807, 2.05) is 0 Å². The van der Waals surface area contributed by atoms with Crippen LogP contribution in [0.5, 0.6) is 0 Å². The van der Waals surface area contributed by atoms with E-state index < -0.39 is 6.10 Å². The van der Waals surface area contributed by atoms with Crippen molar-refractivity contribution in [2.45, 2.75) is 12.5 Å². The van der Waals surface area contributed by atoms with E-state index in [0.717, 1.165) is 5.56 Å². The van der Waals surface area contributed by atoms with Gasteiger partial charge in [-0.05, 0) is 23.8 Å². The molecule has 0 spiro atoms. The van der Waals surface area contributed by atoms with Crippen LogP contribution >= 0.6 is 23.2 Å². The van der Waals surface area contributed by atoms with E-state index in [1.54, 1.807) is 18.2 Å². The van der Waals surface area contributed by atoms with E-state index in [2.05, 4.69) is 0 Å². The Morgan fingerprint density at radius 3 is 2.15 bits per heavy atom. The zero-order valence-corrected chi connectivity index (χ0v) is 8.39. The Kier molecular flexibility index (Phi) is 4.00. The molecule has 2 nitrogen and oxygen atoms in total. The largest absolute Gasteiger partial charge is 0.394 e. The second-order valence-corrected chi connectivity index (χ2v) is 3.69. The van der Waals surface area contributed by atoms with Gasteiger partial charge in [-0.15, -0.1) is 0 Å². The topological polar surface area (TPSA) is 40.5 Å². The number of rotatable bonds is 3. The number of hydrogen-bond acceptors (Lipinski definition) is 2. The highest BCUT2D eigenvalue weighted by atomic mass is 35.5. The lowest BCUT2D eigenvalue weighted by Crippen LogP contribution is -2.14. The Hall–Kier alpha value is -0.280. The van der Waals surface area contributed by atoms with Gasteiger partial charge in [-0.3, -0.25) is 0 Å². The van der Waals surface area contributed by atoms with E-state index in [-0.39, 0.29) is 6.61 Å². The maximum absolute atomic E-state index is 9.16. The average molecular weight is 221 g/mol. The Morgan fingerprint density at radius 1 is 1.15 bits per heavy atom. The molecule has 13 heavy (non-hydrogen) atoms. The van der Waals surface area contributed by atoms with Gasteiger partial charge in [-0.1, -0.05) is 23.2 Å². The summed E-state index contributed by atoms with van der Waals surface area (Å²) in [5.41, 5.74) is 0.819. The SMILES string of the molecule is OCC(O)Cc1cc(Cl)cc(Cl)c1. The maximum atomic E-state index is 9.16. The fourth-order valence-electron chi connectivity index (χ4n) is 1.07. The summed E-state index contributed by atoms with van der Waals surface area (Å²) in [5.74, 6) is 0. The summed E-state index contributed by atoms with van der Waals surface area (Å²) in [7, 11) is 0. The molecule has 4 heteroatoms. The Balaban J connectivity index is 2.77. The van der Waals surface area contributed by atoms with Gasteiger partial charge in [0.25, 0.3) is 0 Å². The van der Waals surface area contributed by atoms with Gasteiger partial charge in [-0.2, -0.15) is 0 Å². The number of halogens is 2. The number of aliphatic hydroxyl groups excluding tert-OH is 2. The van der Waals surface area contributed by atoms with Gasteiger partial charge in [0.1, 0.15) is 0 Å². The summed E-state index contributed by atoms with van der Waals surface area (Å²) >= 11 is 11.5. The van der Waals surface area contributed by atoms with E-state index >= 15 is 0 Å². The lowest BCUT2D eigenvalue weighted by atomic mass is 10.1. The third kappa shape index (κ3) is 3.53. The molecule has 72 valence electrons. The quantitative estimate of drug-likeness (QED) is 0.818. The number of hydrogen-bond donors (Lipinski definition) is 2. The monoisotopic (exact) mass is 220 g/mol. The first kappa shape index (κ1) is 10.8. The molecule has 0 radical (unpaired) electrons. The minimum absolute atomic E-state index is 0.260. The molecule has 0 aliphatic heterocycles. The van der Waals surface area contributed by atoms with Crippen LogP contribution in [0.2, 0.25) is 10.0 Å². The molecule has 0 saturated heterocycles. The van der Waals surface area contributed by atoms with E-state index in [1.165, 1.54) is 0 Å². The smallest absolute Gasteiger partial charge is 0.0811 e. The fourth-order valence-corrected chi connectivity index (χ4v) is 1.64. The zero-order valence-electron chi connectivity index (χ0n) is 6.87. The molecule has 0 aliphatic carbocycles. The molecule has 0 aromatic heterocycles. The molecular formula is C9H10Cl2O2. The summed E-state index contributed by atoms with van der Waals surface area (Å²) in [6, 6.07) is 5.05. The van der Waals surface area contributed by atoms with Crippen molar-refractivity contribution in [3.05, 3.63) is 33.8 Å². The molecule has 0 heterocycles. The van der Waals surface area contributed by atoms with E-state index in [4.69, 9.17) is 33.4 Å². The Morgan fingerprint density at radius 2 is 1.69 bits per heavy atom. The maximum Gasteiger partial charge on any atom is 0.0811 e. The van der Waals surface area contributed by atoms with Crippen molar-refractivity contribution in [3.63, 3.8) is 0 Å². The molecule has 1 aromatic rings. The second kappa shape index (κ2) is 4.82. The number of benzene rings is 1. The van der Waals surface area contributed by atoms with Crippen LogP contribution < -0.4 is 0 Å². The minimum atomic E-state index is -0.755. The van der Waals surface area contributed by atoms with E-state index in [9.17, 15) is 0 Å². The lowest BCUT2D eigenvalue weighted by Gasteiger charge is -2.07. The molecule has 1 atom stereocenters. The van der Waals surface area contributed by atoms with Crippen molar-refractivity contribution < 1.29 is 10.2 Å². The van der Waals surface area contributed by atoms with Crippen LogP contribution in [0.1, 0.15) is 5.56 Å². The van der Waals surface area contributed by atoms with Crippen LogP contribution in [0.15, 0.2) is 18.2 Å². The van der Waals surface area contributed by atoms with Crippen LogP contribution in [0.4, 0.5) is 0 Å². The van der Waals surface area contributed by atoms with Crippen molar-refractivity contribution >= 4 is 23.2 Å². The predicted molar refractivity (Wildman–Crippen MR) is 53.3 cm³/mol. The molecule has 1 unspecified atom stereocenters. The van der Waals surface area contributed by atoms with Crippen LogP contribution in [0, 0.1) is 0 Å². The van der Waals surface area contributed by atoms with Crippen LogP contribution in [-0.2, 0) is 6.42 Å². The molecule has 0 bridgehead atoms. The van der Waals surface area contributed by atoms with Gasteiger partial charge in [-0.25, -0.2) is 0 Å². The van der Waals surface area contributed by atoms with Crippen molar-refractivity contribution in [1.29, 1.82) is 0 Å². The van der Waals surface area contributed by atoms with Crippen molar-refractivity contribution in [3.8, 4) is 0 Å². The Labute approximate surface area is 86.7 Å². The number of aliphatic hydroxyl groups is 2. The molecule has 0 amide bonds. The van der Waals surface area contributed by atoms with Gasteiger partial charge < -0.3 is 10.2 Å². The lowest BCUT2D eigenvalue weighted by molar-refractivity contribution is 0.0955. The zero-order chi connectivity index (χ0) is 9.84. The van der Waals surface area contributed by atoms with Crippen LogP contribution in [0.25, 0.3) is 0 Å². The summed E-state index contributed by atoms with van der Waals surface area (Å²) in [5, 5.41) is 18.8. The molecule has 0 fully saturated rings. The van der Waals surface area contributed by atoms with Crippen molar-refractivity contribution in [2.24, 2.45) is 0 Å². The van der Waals surface area contributed by atoms with Gasteiger partial charge >= 0.3 is 0 Å². The van der Waals surface area contributed by atoms with Gasteiger partial charge in [0.15, 0.2) is 0 Å². The normalized spacial score (nSPS) is 12.9. The third-order valence-corrected chi connectivity index (χ3v) is 2.04.